The van der Waals surface area contributed by atoms with Crippen LogP contribution in [-0.4, -0.2) is 42.0 Å². The summed E-state index contributed by atoms with van der Waals surface area (Å²) in [6, 6.07) is 9.98. The summed E-state index contributed by atoms with van der Waals surface area (Å²) >= 11 is 0. The summed E-state index contributed by atoms with van der Waals surface area (Å²) in [5.41, 5.74) is 14.3. The van der Waals surface area contributed by atoms with E-state index in [4.69, 9.17) is 11.5 Å². The van der Waals surface area contributed by atoms with Crippen molar-refractivity contribution in [2.45, 2.75) is 6.54 Å². The van der Waals surface area contributed by atoms with E-state index in [0.717, 1.165) is 43.9 Å². The number of aromatic nitrogens is 1. The fourth-order valence-electron chi connectivity index (χ4n) is 2.76. The minimum absolute atomic E-state index is 0.163. The fraction of sp³-hybridized carbons (Fsp3) is 0.294. The molecule has 1 saturated heterocycles. The van der Waals surface area contributed by atoms with Crippen molar-refractivity contribution in [1.29, 1.82) is 0 Å². The van der Waals surface area contributed by atoms with Crippen LogP contribution in [0.4, 0.5) is 5.82 Å². The predicted octanol–water partition coefficient (Wildman–Crippen LogP) is 0.835. The van der Waals surface area contributed by atoms with Gasteiger partial charge in [0.05, 0.1) is 5.56 Å². The number of pyridine rings is 1. The second-order valence-electron chi connectivity index (χ2n) is 5.74. The maximum atomic E-state index is 11.4. The van der Waals surface area contributed by atoms with Crippen LogP contribution in [0.3, 0.4) is 0 Å². The molecule has 1 aliphatic heterocycles. The highest BCUT2D eigenvalue weighted by molar-refractivity contribution is 5.98. The van der Waals surface area contributed by atoms with E-state index in [-0.39, 0.29) is 11.4 Å². The smallest absolute Gasteiger partial charge is 0.252 e. The van der Waals surface area contributed by atoms with Crippen LogP contribution >= 0.6 is 0 Å². The predicted molar refractivity (Wildman–Crippen MR) is 90.8 cm³/mol. The molecular formula is C17H21N5O. The van der Waals surface area contributed by atoms with E-state index in [1.807, 2.05) is 12.1 Å². The third-order valence-electron chi connectivity index (χ3n) is 4.09. The molecule has 0 radical (unpaired) electrons. The molecule has 1 aromatic carbocycles. The molecule has 1 amide bonds. The van der Waals surface area contributed by atoms with Gasteiger partial charge in [-0.05, 0) is 17.2 Å². The lowest BCUT2D eigenvalue weighted by Gasteiger charge is -2.27. The molecule has 6 nitrogen and oxygen atoms in total. The number of amides is 1. The summed E-state index contributed by atoms with van der Waals surface area (Å²) < 4.78 is 0. The largest absolute Gasteiger partial charge is 0.383 e. The molecule has 0 bridgehead atoms. The van der Waals surface area contributed by atoms with Crippen LogP contribution in [0.15, 0.2) is 36.5 Å². The van der Waals surface area contributed by atoms with Gasteiger partial charge in [-0.25, -0.2) is 4.98 Å². The van der Waals surface area contributed by atoms with E-state index in [1.54, 1.807) is 12.3 Å². The summed E-state index contributed by atoms with van der Waals surface area (Å²) in [5.74, 6) is -0.399. The van der Waals surface area contributed by atoms with Gasteiger partial charge in [0.2, 0.25) is 0 Å². The van der Waals surface area contributed by atoms with Crippen molar-refractivity contribution in [3.05, 3.63) is 47.7 Å². The lowest BCUT2D eigenvalue weighted by Crippen LogP contribution is -2.42. The number of benzene rings is 1. The minimum atomic E-state index is -0.563. The van der Waals surface area contributed by atoms with Crippen molar-refractivity contribution in [3.63, 3.8) is 0 Å². The number of carbonyl (C=O) groups is 1. The Morgan fingerprint density at radius 1 is 1.17 bits per heavy atom. The van der Waals surface area contributed by atoms with Crippen LogP contribution in [0.1, 0.15) is 15.9 Å². The summed E-state index contributed by atoms with van der Waals surface area (Å²) in [5, 5.41) is 3.35. The number of rotatable bonds is 4. The zero-order valence-corrected chi connectivity index (χ0v) is 13.0. The zero-order chi connectivity index (χ0) is 16.2. The van der Waals surface area contributed by atoms with Gasteiger partial charge in [0, 0.05) is 44.5 Å². The van der Waals surface area contributed by atoms with Gasteiger partial charge in [0.25, 0.3) is 5.91 Å². The highest BCUT2D eigenvalue weighted by Crippen LogP contribution is 2.22. The number of nitrogen functional groups attached to an aromatic ring is 1. The van der Waals surface area contributed by atoms with E-state index in [2.05, 4.69) is 27.3 Å². The summed E-state index contributed by atoms with van der Waals surface area (Å²) in [7, 11) is 0. The Balaban J connectivity index is 1.76. The van der Waals surface area contributed by atoms with Crippen molar-refractivity contribution < 1.29 is 4.79 Å². The first-order valence-corrected chi connectivity index (χ1v) is 7.71. The van der Waals surface area contributed by atoms with Gasteiger partial charge in [0.15, 0.2) is 0 Å². The van der Waals surface area contributed by atoms with Crippen LogP contribution in [0.5, 0.6) is 0 Å². The molecular weight excluding hydrogens is 290 g/mol. The van der Waals surface area contributed by atoms with Gasteiger partial charge in [-0.2, -0.15) is 0 Å². The minimum Gasteiger partial charge on any atom is -0.383 e. The average Bonchev–Trinajstić information content (AvgIpc) is 2.57. The molecule has 1 aliphatic rings. The number of piperazine rings is 1. The lowest BCUT2D eigenvalue weighted by molar-refractivity contribution is 0.100. The van der Waals surface area contributed by atoms with E-state index >= 15 is 0 Å². The molecule has 1 fully saturated rings. The number of anilines is 1. The van der Waals surface area contributed by atoms with Gasteiger partial charge >= 0.3 is 0 Å². The number of carbonyl (C=O) groups excluding carboxylic acids is 1. The van der Waals surface area contributed by atoms with Gasteiger partial charge < -0.3 is 16.8 Å². The van der Waals surface area contributed by atoms with Crippen molar-refractivity contribution in [2.24, 2.45) is 5.73 Å². The van der Waals surface area contributed by atoms with E-state index in [9.17, 15) is 4.79 Å². The fourth-order valence-corrected chi connectivity index (χ4v) is 2.76. The molecule has 0 atom stereocenters. The summed E-state index contributed by atoms with van der Waals surface area (Å²) in [6.07, 6.45) is 1.66. The number of nitrogens with two attached hydrogens (primary N) is 2. The van der Waals surface area contributed by atoms with Crippen LogP contribution in [0, 0.1) is 0 Å². The van der Waals surface area contributed by atoms with Gasteiger partial charge in [-0.1, -0.05) is 24.3 Å². The van der Waals surface area contributed by atoms with Crippen LogP contribution in [0.25, 0.3) is 11.1 Å². The number of nitrogens with one attached hydrogen (secondary N) is 1. The summed E-state index contributed by atoms with van der Waals surface area (Å²) in [6.45, 7) is 5.20. The average molecular weight is 311 g/mol. The first-order chi connectivity index (χ1) is 11.1. The SMILES string of the molecule is NC(=O)c1cc(-c2ccc(CN3CCNCC3)cc2)cnc1N. The maximum Gasteiger partial charge on any atom is 0.252 e. The van der Waals surface area contributed by atoms with E-state index in [1.165, 1.54) is 5.56 Å². The topological polar surface area (TPSA) is 97.3 Å². The van der Waals surface area contributed by atoms with Crippen LogP contribution in [0.2, 0.25) is 0 Å². The second-order valence-corrected chi connectivity index (χ2v) is 5.74. The third kappa shape index (κ3) is 3.67. The van der Waals surface area contributed by atoms with Crippen molar-refractivity contribution in [3.8, 4) is 11.1 Å². The molecule has 0 spiro atoms. The number of primary amides is 1. The lowest BCUT2D eigenvalue weighted by atomic mass is 10.0. The molecule has 5 N–H and O–H groups in total. The zero-order valence-electron chi connectivity index (χ0n) is 13.0. The standard InChI is InChI=1S/C17H21N5O/c18-16-15(17(19)23)9-14(10-21-16)13-3-1-12(2-4-13)11-22-7-5-20-6-8-22/h1-4,9-10,20H,5-8,11H2,(H2,18,21)(H2,19,23). The van der Waals surface area contributed by atoms with Crippen molar-refractivity contribution in [2.75, 3.05) is 31.9 Å². The molecule has 120 valence electrons. The highest BCUT2D eigenvalue weighted by atomic mass is 16.1. The van der Waals surface area contributed by atoms with E-state index < -0.39 is 5.91 Å². The van der Waals surface area contributed by atoms with Gasteiger partial charge in [-0.15, -0.1) is 0 Å². The molecule has 23 heavy (non-hydrogen) atoms. The van der Waals surface area contributed by atoms with Crippen LogP contribution in [-0.2, 0) is 6.54 Å². The monoisotopic (exact) mass is 311 g/mol. The molecule has 3 rings (SSSR count). The first-order valence-electron chi connectivity index (χ1n) is 7.71. The number of hydrogen-bond donors (Lipinski definition) is 3. The Bertz CT molecular complexity index is 693. The molecule has 2 heterocycles. The van der Waals surface area contributed by atoms with Crippen molar-refractivity contribution in [1.82, 2.24) is 15.2 Å². The Hall–Kier alpha value is -2.44. The molecule has 2 aromatic rings. The Kier molecular flexibility index (Phi) is 4.55. The molecule has 6 heteroatoms. The quantitative estimate of drug-likeness (QED) is 0.777. The Labute approximate surface area is 135 Å². The maximum absolute atomic E-state index is 11.4. The molecule has 1 aromatic heterocycles. The molecule has 0 saturated carbocycles. The number of nitrogens with zero attached hydrogens (tertiary/aromatic N) is 2. The second kappa shape index (κ2) is 6.76. The Morgan fingerprint density at radius 2 is 1.87 bits per heavy atom. The first kappa shape index (κ1) is 15.5. The Morgan fingerprint density at radius 3 is 2.52 bits per heavy atom. The van der Waals surface area contributed by atoms with Gasteiger partial charge in [-0.3, -0.25) is 9.69 Å². The molecule has 0 unspecified atom stereocenters. The van der Waals surface area contributed by atoms with E-state index in [0.29, 0.717) is 0 Å². The molecule has 0 aliphatic carbocycles. The van der Waals surface area contributed by atoms with Crippen LogP contribution < -0.4 is 16.8 Å². The van der Waals surface area contributed by atoms with Gasteiger partial charge in [0.1, 0.15) is 5.82 Å². The highest BCUT2D eigenvalue weighted by Gasteiger charge is 2.11. The summed E-state index contributed by atoms with van der Waals surface area (Å²) in [4.78, 5) is 17.9. The third-order valence-corrected chi connectivity index (χ3v) is 4.09. The normalized spacial score (nSPS) is 15.5. The number of hydrogen-bond acceptors (Lipinski definition) is 5. The van der Waals surface area contributed by atoms with Crippen molar-refractivity contribution >= 4 is 11.7 Å².